The largest absolute Gasteiger partial charge is 0.363 e. The van der Waals surface area contributed by atoms with E-state index in [0.29, 0.717) is 5.69 Å². The maximum Gasteiger partial charge on any atom is 0.274 e. The van der Waals surface area contributed by atoms with Crippen molar-refractivity contribution in [3.05, 3.63) is 52.6 Å². The molecule has 0 aliphatic carbocycles. The summed E-state index contributed by atoms with van der Waals surface area (Å²) < 4.78 is 0.917. The van der Waals surface area contributed by atoms with Crippen LogP contribution < -0.4 is 10.2 Å². The lowest BCUT2D eigenvalue weighted by Gasteiger charge is -2.12. The van der Waals surface area contributed by atoms with Gasteiger partial charge >= 0.3 is 0 Å². The summed E-state index contributed by atoms with van der Waals surface area (Å²) in [5, 5.41) is 2.82. The number of anilines is 2. The standard InChI is InChI=1S/C14H14BrN3O/c1-18(2)13-8-4-7-12(17-13)14(19)16-11-6-3-5-10(15)9-11/h3-9H,1-2H3,(H,16,19). The highest BCUT2D eigenvalue weighted by Crippen LogP contribution is 2.16. The van der Waals surface area contributed by atoms with Crippen LogP contribution in [0.1, 0.15) is 10.5 Å². The Hall–Kier alpha value is -1.88. The van der Waals surface area contributed by atoms with Crippen molar-refractivity contribution in [2.75, 3.05) is 24.3 Å². The summed E-state index contributed by atoms with van der Waals surface area (Å²) in [6.07, 6.45) is 0. The molecule has 19 heavy (non-hydrogen) atoms. The number of aromatic nitrogens is 1. The van der Waals surface area contributed by atoms with Gasteiger partial charge in [0.2, 0.25) is 0 Å². The highest BCUT2D eigenvalue weighted by Gasteiger charge is 2.09. The van der Waals surface area contributed by atoms with Crippen molar-refractivity contribution in [3.63, 3.8) is 0 Å². The van der Waals surface area contributed by atoms with Crippen LogP contribution in [0.3, 0.4) is 0 Å². The van der Waals surface area contributed by atoms with Gasteiger partial charge in [0.25, 0.3) is 5.91 Å². The number of halogens is 1. The first kappa shape index (κ1) is 13.5. The number of amides is 1. The van der Waals surface area contributed by atoms with Crippen molar-refractivity contribution in [3.8, 4) is 0 Å². The maximum atomic E-state index is 12.1. The zero-order chi connectivity index (χ0) is 13.8. The van der Waals surface area contributed by atoms with Gasteiger partial charge in [0.15, 0.2) is 0 Å². The van der Waals surface area contributed by atoms with Crippen molar-refractivity contribution >= 4 is 33.3 Å². The molecule has 0 saturated heterocycles. The molecule has 0 atom stereocenters. The van der Waals surface area contributed by atoms with Gasteiger partial charge in [-0.05, 0) is 30.3 Å². The van der Waals surface area contributed by atoms with Crippen LogP contribution in [0, 0.1) is 0 Å². The van der Waals surface area contributed by atoms with Gasteiger partial charge < -0.3 is 10.2 Å². The van der Waals surface area contributed by atoms with Gasteiger partial charge in [-0.15, -0.1) is 0 Å². The molecule has 4 nitrogen and oxygen atoms in total. The van der Waals surface area contributed by atoms with Gasteiger partial charge in [0.1, 0.15) is 11.5 Å². The third-order valence-electron chi connectivity index (χ3n) is 2.51. The molecule has 0 bridgehead atoms. The van der Waals surface area contributed by atoms with Crippen molar-refractivity contribution in [2.45, 2.75) is 0 Å². The lowest BCUT2D eigenvalue weighted by molar-refractivity contribution is 0.102. The van der Waals surface area contributed by atoms with E-state index < -0.39 is 0 Å². The normalized spacial score (nSPS) is 10.1. The van der Waals surface area contributed by atoms with E-state index in [-0.39, 0.29) is 5.91 Å². The van der Waals surface area contributed by atoms with E-state index in [1.165, 1.54) is 0 Å². The molecule has 0 aliphatic heterocycles. The summed E-state index contributed by atoms with van der Waals surface area (Å²) in [6.45, 7) is 0. The molecule has 0 spiro atoms. The average molecular weight is 320 g/mol. The van der Waals surface area contributed by atoms with Crippen molar-refractivity contribution < 1.29 is 4.79 Å². The third kappa shape index (κ3) is 3.54. The fraction of sp³-hybridized carbons (Fsp3) is 0.143. The van der Waals surface area contributed by atoms with Gasteiger partial charge in [-0.1, -0.05) is 28.1 Å². The van der Waals surface area contributed by atoms with Crippen LogP contribution in [0.2, 0.25) is 0 Å². The molecule has 0 fully saturated rings. The highest BCUT2D eigenvalue weighted by atomic mass is 79.9. The lowest BCUT2D eigenvalue weighted by atomic mass is 10.3. The van der Waals surface area contributed by atoms with Gasteiger partial charge in [0, 0.05) is 24.3 Å². The van der Waals surface area contributed by atoms with Crippen LogP contribution >= 0.6 is 15.9 Å². The van der Waals surface area contributed by atoms with Crippen molar-refractivity contribution in [1.29, 1.82) is 0 Å². The number of carbonyl (C=O) groups is 1. The number of benzene rings is 1. The molecule has 1 amide bonds. The lowest BCUT2D eigenvalue weighted by Crippen LogP contribution is -2.17. The Morgan fingerprint density at radius 3 is 2.63 bits per heavy atom. The number of hydrogen-bond donors (Lipinski definition) is 1. The van der Waals surface area contributed by atoms with Crippen molar-refractivity contribution in [2.24, 2.45) is 0 Å². The van der Waals surface area contributed by atoms with E-state index in [9.17, 15) is 4.79 Å². The average Bonchev–Trinajstić information content (AvgIpc) is 2.39. The Morgan fingerprint density at radius 2 is 1.95 bits per heavy atom. The Labute approximate surface area is 120 Å². The Kier molecular flexibility index (Phi) is 4.16. The van der Waals surface area contributed by atoms with E-state index in [1.54, 1.807) is 6.07 Å². The smallest absolute Gasteiger partial charge is 0.274 e. The van der Waals surface area contributed by atoms with E-state index in [4.69, 9.17) is 0 Å². The second kappa shape index (κ2) is 5.84. The number of rotatable bonds is 3. The van der Waals surface area contributed by atoms with Crippen LogP contribution in [0.25, 0.3) is 0 Å². The minimum atomic E-state index is -0.221. The van der Waals surface area contributed by atoms with Gasteiger partial charge in [0.05, 0.1) is 0 Å². The van der Waals surface area contributed by atoms with Crippen LogP contribution in [0.4, 0.5) is 11.5 Å². The van der Waals surface area contributed by atoms with Crippen LogP contribution in [0.15, 0.2) is 46.9 Å². The van der Waals surface area contributed by atoms with E-state index in [2.05, 4.69) is 26.2 Å². The predicted octanol–water partition coefficient (Wildman–Crippen LogP) is 3.16. The van der Waals surface area contributed by atoms with Crippen molar-refractivity contribution in [1.82, 2.24) is 4.98 Å². The number of nitrogens with zero attached hydrogens (tertiary/aromatic N) is 2. The fourth-order valence-electron chi connectivity index (χ4n) is 1.56. The molecule has 2 rings (SSSR count). The molecule has 1 N–H and O–H groups in total. The molecular formula is C14H14BrN3O. The molecule has 0 radical (unpaired) electrons. The Balaban J connectivity index is 2.18. The summed E-state index contributed by atoms with van der Waals surface area (Å²) in [5.41, 5.74) is 1.13. The molecule has 0 aliphatic rings. The zero-order valence-electron chi connectivity index (χ0n) is 10.7. The monoisotopic (exact) mass is 319 g/mol. The third-order valence-corrected chi connectivity index (χ3v) is 3.00. The molecule has 2 aromatic rings. The van der Waals surface area contributed by atoms with Crippen LogP contribution in [0.5, 0.6) is 0 Å². The topological polar surface area (TPSA) is 45.2 Å². The molecular weight excluding hydrogens is 306 g/mol. The van der Waals surface area contributed by atoms with E-state index in [1.807, 2.05) is 55.4 Å². The molecule has 5 heteroatoms. The number of pyridine rings is 1. The molecule has 1 heterocycles. The first-order valence-corrected chi connectivity index (χ1v) is 6.57. The summed E-state index contributed by atoms with van der Waals surface area (Å²) in [6, 6.07) is 12.8. The van der Waals surface area contributed by atoms with E-state index >= 15 is 0 Å². The summed E-state index contributed by atoms with van der Waals surface area (Å²) >= 11 is 3.37. The highest BCUT2D eigenvalue weighted by molar-refractivity contribution is 9.10. The minimum Gasteiger partial charge on any atom is -0.363 e. The Morgan fingerprint density at radius 1 is 1.21 bits per heavy atom. The van der Waals surface area contributed by atoms with Crippen LogP contribution in [-0.2, 0) is 0 Å². The summed E-state index contributed by atoms with van der Waals surface area (Å²) in [4.78, 5) is 18.2. The van der Waals surface area contributed by atoms with E-state index in [0.717, 1.165) is 16.0 Å². The Bertz CT molecular complexity index is 599. The van der Waals surface area contributed by atoms with Gasteiger partial charge in [-0.2, -0.15) is 0 Å². The molecule has 98 valence electrons. The summed E-state index contributed by atoms with van der Waals surface area (Å²) in [5.74, 6) is 0.531. The van der Waals surface area contributed by atoms with Crippen LogP contribution in [-0.4, -0.2) is 25.0 Å². The molecule has 1 aromatic heterocycles. The number of nitrogens with one attached hydrogen (secondary N) is 1. The SMILES string of the molecule is CN(C)c1cccc(C(=O)Nc2cccc(Br)c2)n1. The van der Waals surface area contributed by atoms with Gasteiger partial charge in [-0.25, -0.2) is 4.98 Å². The second-order valence-electron chi connectivity index (χ2n) is 4.24. The second-order valence-corrected chi connectivity index (χ2v) is 5.16. The first-order chi connectivity index (χ1) is 9.06. The molecule has 0 saturated carbocycles. The number of hydrogen-bond acceptors (Lipinski definition) is 3. The zero-order valence-corrected chi connectivity index (χ0v) is 12.3. The minimum absolute atomic E-state index is 0.221. The maximum absolute atomic E-state index is 12.1. The first-order valence-electron chi connectivity index (χ1n) is 5.77. The van der Waals surface area contributed by atoms with Gasteiger partial charge in [-0.3, -0.25) is 4.79 Å². The molecule has 0 unspecified atom stereocenters. The fourth-order valence-corrected chi connectivity index (χ4v) is 1.96. The number of carbonyl (C=O) groups excluding carboxylic acids is 1. The summed E-state index contributed by atoms with van der Waals surface area (Å²) in [7, 11) is 3.77. The quantitative estimate of drug-likeness (QED) is 0.945. The molecule has 1 aromatic carbocycles. The predicted molar refractivity (Wildman–Crippen MR) is 80.7 cm³/mol.